The zero-order valence-electron chi connectivity index (χ0n) is 17.3. The highest BCUT2D eigenvalue weighted by Crippen LogP contribution is 2.38. The predicted molar refractivity (Wildman–Crippen MR) is 109 cm³/mol. The van der Waals surface area contributed by atoms with Crippen molar-refractivity contribution in [3.8, 4) is 0 Å². The molecule has 4 rings (SSSR count). The Morgan fingerprint density at radius 3 is 2.80 bits per heavy atom. The van der Waals surface area contributed by atoms with Crippen LogP contribution in [0.4, 0.5) is 10.5 Å². The van der Waals surface area contributed by atoms with Gasteiger partial charge in [-0.25, -0.2) is 4.79 Å². The average Bonchev–Trinajstić information content (AvgIpc) is 3.25. The Bertz CT molecular complexity index is 901. The molecule has 8 heteroatoms. The van der Waals surface area contributed by atoms with Crippen LogP contribution in [-0.4, -0.2) is 53.4 Å². The maximum Gasteiger partial charge on any atom is 0.327 e. The number of amides is 4. The molecule has 160 valence electrons. The van der Waals surface area contributed by atoms with Gasteiger partial charge in [0.1, 0.15) is 12.1 Å². The van der Waals surface area contributed by atoms with Gasteiger partial charge in [0.15, 0.2) is 6.10 Å². The van der Waals surface area contributed by atoms with E-state index < -0.39 is 30.2 Å². The van der Waals surface area contributed by atoms with E-state index in [-0.39, 0.29) is 17.7 Å². The fraction of sp³-hybridized carbons (Fsp3) is 0.545. The Morgan fingerprint density at radius 1 is 1.27 bits per heavy atom. The van der Waals surface area contributed by atoms with E-state index in [2.05, 4.69) is 5.32 Å². The maximum absolute atomic E-state index is 13.0. The van der Waals surface area contributed by atoms with Gasteiger partial charge in [-0.1, -0.05) is 38.0 Å². The van der Waals surface area contributed by atoms with Crippen LogP contribution in [0.5, 0.6) is 0 Å². The van der Waals surface area contributed by atoms with E-state index in [9.17, 15) is 19.2 Å². The molecule has 1 aromatic rings. The monoisotopic (exact) mass is 413 g/mol. The lowest BCUT2D eigenvalue weighted by Gasteiger charge is -2.36. The molecular weight excluding hydrogens is 386 g/mol. The van der Waals surface area contributed by atoms with Crippen LogP contribution in [0.3, 0.4) is 0 Å². The van der Waals surface area contributed by atoms with Gasteiger partial charge in [0.05, 0.1) is 0 Å². The van der Waals surface area contributed by atoms with E-state index in [0.717, 1.165) is 41.8 Å². The second-order valence-corrected chi connectivity index (χ2v) is 8.44. The number of para-hydroxylation sites is 1. The summed E-state index contributed by atoms with van der Waals surface area (Å²) in [5.41, 5.74) is 0.986. The number of ether oxygens (including phenoxy) is 1. The van der Waals surface area contributed by atoms with Crippen molar-refractivity contribution >= 4 is 29.5 Å². The first kappa shape index (κ1) is 20.4. The number of hydrogen-bond acceptors (Lipinski definition) is 5. The fourth-order valence-electron chi connectivity index (χ4n) is 4.84. The van der Waals surface area contributed by atoms with Crippen molar-refractivity contribution in [1.29, 1.82) is 0 Å². The summed E-state index contributed by atoms with van der Waals surface area (Å²) in [4.78, 5) is 53.1. The van der Waals surface area contributed by atoms with Gasteiger partial charge in [-0.3, -0.25) is 19.3 Å². The molecule has 1 spiro atoms. The molecule has 3 aliphatic rings. The highest BCUT2D eigenvalue weighted by molar-refractivity contribution is 6.09. The summed E-state index contributed by atoms with van der Waals surface area (Å²) in [7, 11) is 0. The molecule has 0 radical (unpaired) electrons. The molecule has 1 aromatic carbocycles. The third-order valence-corrected chi connectivity index (χ3v) is 6.60. The summed E-state index contributed by atoms with van der Waals surface area (Å²) in [6, 6.07) is 7.05. The van der Waals surface area contributed by atoms with Crippen LogP contribution >= 0.6 is 0 Å². The molecule has 8 nitrogen and oxygen atoms in total. The Morgan fingerprint density at radius 2 is 2.03 bits per heavy atom. The number of esters is 1. The Labute approximate surface area is 175 Å². The van der Waals surface area contributed by atoms with E-state index in [1.807, 2.05) is 31.2 Å². The molecule has 0 bridgehead atoms. The number of fused-ring (bicyclic) bond motifs is 1. The van der Waals surface area contributed by atoms with Crippen LogP contribution < -0.4 is 10.2 Å². The second-order valence-electron chi connectivity index (χ2n) is 8.44. The van der Waals surface area contributed by atoms with Gasteiger partial charge in [-0.15, -0.1) is 0 Å². The van der Waals surface area contributed by atoms with E-state index in [1.54, 1.807) is 4.90 Å². The normalized spacial score (nSPS) is 26.5. The minimum atomic E-state index is -1.01. The maximum atomic E-state index is 13.0. The number of hydrogen-bond donors (Lipinski definition) is 1. The minimum absolute atomic E-state index is 0.0134. The molecule has 1 aliphatic carbocycles. The number of nitrogens with zero attached hydrogens (tertiary/aromatic N) is 2. The molecule has 1 saturated carbocycles. The number of carbonyl (C=O) groups excluding carboxylic acids is 4. The van der Waals surface area contributed by atoms with Crippen LogP contribution in [0.1, 0.15) is 45.1 Å². The van der Waals surface area contributed by atoms with E-state index >= 15 is 0 Å². The van der Waals surface area contributed by atoms with Gasteiger partial charge in [-0.2, -0.15) is 0 Å². The summed E-state index contributed by atoms with van der Waals surface area (Å²) < 4.78 is 5.30. The highest BCUT2D eigenvalue weighted by Gasteiger charge is 2.55. The smallest absolute Gasteiger partial charge is 0.327 e. The molecule has 1 saturated heterocycles. The molecule has 30 heavy (non-hydrogen) atoms. The van der Waals surface area contributed by atoms with Crippen molar-refractivity contribution in [3.05, 3.63) is 29.8 Å². The third kappa shape index (κ3) is 3.34. The Hall–Kier alpha value is -2.90. The van der Waals surface area contributed by atoms with Crippen LogP contribution in [0, 0.1) is 5.92 Å². The Kier molecular flexibility index (Phi) is 5.26. The largest absolute Gasteiger partial charge is 0.451 e. The summed E-state index contributed by atoms with van der Waals surface area (Å²) in [5, 5.41) is 2.81. The molecule has 4 amide bonds. The number of nitrogens with one attached hydrogen (secondary N) is 1. The van der Waals surface area contributed by atoms with E-state index in [4.69, 9.17) is 4.74 Å². The van der Waals surface area contributed by atoms with Crippen LogP contribution in [0.15, 0.2) is 24.3 Å². The quantitative estimate of drug-likeness (QED) is 0.602. The summed E-state index contributed by atoms with van der Waals surface area (Å²) >= 11 is 0. The van der Waals surface area contributed by atoms with E-state index in [0.29, 0.717) is 13.0 Å². The zero-order chi connectivity index (χ0) is 21.5. The first-order valence-electron chi connectivity index (χ1n) is 10.6. The number of benzene rings is 1. The number of carbonyl (C=O) groups is 4. The lowest BCUT2D eigenvalue weighted by atomic mass is 9.73. The number of rotatable bonds is 4. The molecular formula is C22H27N3O5. The van der Waals surface area contributed by atoms with Crippen LogP contribution in [0.25, 0.3) is 0 Å². The molecule has 2 aliphatic heterocycles. The topological polar surface area (TPSA) is 96.0 Å². The van der Waals surface area contributed by atoms with Crippen LogP contribution in [-0.2, 0) is 25.5 Å². The molecule has 3 atom stereocenters. The molecule has 2 heterocycles. The zero-order valence-corrected chi connectivity index (χ0v) is 17.3. The number of urea groups is 1. The number of anilines is 1. The van der Waals surface area contributed by atoms with Gasteiger partial charge in [0.25, 0.3) is 11.8 Å². The highest BCUT2D eigenvalue weighted by atomic mass is 16.5. The molecule has 0 unspecified atom stereocenters. The van der Waals surface area contributed by atoms with Crippen molar-refractivity contribution in [2.45, 2.75) is 57.6 Å². The lowest BCUT2D eigenvalue weighted by molar-refractivity contribution is -0.156. The van der Waals surface area contributed by atoms with Gasteiger partial charge >= 0.3 is 12.0 Å². The molecule has 1 N–H and O–H groups in total. The minimum Gasteiger partial charge on any atom is -0.451 e. The molecule has 0 aromatic heterocycles. The van der Waals surface area contributed by atoms with Crippen molar-refractivity contribution in [2.24, 2.45) is 5.92 Å². The average molecular weight is 413 g/mol. The summed E-state index contributed by atoms with van der Waals surface area (Å²) in [5.74, 6) is -1.45. The van der Waals surface area contributed by atoms with Crippen molar-refractivity contribution in [1.82, 2.24) is 10.2 Å². The van der Waals surface area contributed by atoms with E-state index in [1.165, 1.54) is 6.92 Å². The fourth-order valence-corrected chi connectivity index (χ4v) is 4.84. The van der Waals surface area contributed by atoms with Crippen molar-refractivity contribution in [2.75, 3.05) is 18.0 Å². The van der Waals surface area contributed by atoms with Crippen molar-refractivity contribution in [3.63, 3.8) is 0 Å². The van der Waals surface area contributed by atoms with Crippen molar-refractivity contribution < 1.29 is 23.9 Å². The first-order chi connectivity index (χ1) is 14.3. The van der Waals surface area contributed by atoms with Gasteiger partial charge in [0, 0.05) is 12.2 Å². The Balaban J connectivity index is 1.38. The number of imide groups is 1. The lowest BCUT2D eigenvalue weighted by Crippen LogP contribution is -2.54. The van der Waals surface area contributed by atoms with Crippen LogP contribution in [0.2, 0.25) is 0 Å². The van der Waals surface area contributed by atoms with Gasteiger partial charge in [0.2, 0.25) is 0 Å². The van der Waals surface area contributed by atoms with Gasteiger partial charge in [-0.05, 0) is 43.7 Å². The van der Waals surface area contributed by atoms with Gasteiger partial charge < -0.3 is 15.0 Å². The predicted octanol–water partition coefficient (Wildman–Crippen LogP) is 2.01. The molecule has 2 fully saturated rings. The first-order valence-corrected chi connectivity index (χ1v) is 10.6. The summed E-state index contributed by atoms with van der Waals surface area (Å²) in [6.07, 6.45) is 3.06. The second kappa shape index (κ2) is 7.74. The third-order valence-electron chi connectivity index (χ3n) is 6.60. The summed E-state index contributed by atoms with van der Waals surface area (Å²) in [6.45, 7) is 3.51. The SMILES string of the molecule is C[C@H](OC(=O)CN1C(=O)N[C@@]2(CCCC[C@H]2C)C1=O)C(=O)N1CCc2ccccc21. The standard InChI is InChI=1S/C22H27N3O5/c1-14-7-5-6-11-22(14)20(28)25(21(29)23-22)13-18(26)30-15(2)19(27)24-12-10-16-8-3-4-9-17(16)24/h3-4,8-9,14-15H,5-7,10-13H2,1-2H3,(H,23,29)/t14-,15+,22-/m1/s1.